The van der Waals surface area contributed by atoms with Crippen LogP contribution in [-0.2, 0) is 4.79 Å². The molecule has 2 N–H and O–H groups in total. The minimum atomic E-state index is 0.0113. The number of carbonyl (C=O) groups excluding carboxylic acids is 1. The van der Waals surface area contributed by atoms with Crippen LogP contribution in [0.5, 0.6) is 0 Å². The molecular weight excluding hydrogens is 264 g/mol. The van der Waals surface area contributed by atoms with Gasteiger partial charge in [0.1, 0.15) is 0 Å². The molecule has 1 amide bonds. The second-order valence-electron chi connectivity index (χ2n) is 4.88. The van der Waals surface area contributed by atoms with Crippen molar-refractivity contribution < 1.29 is 4.79 Å². The molecule has 110 valence electrons. The van der Waals surface area contributed by atoms with Crippen molar-refractivity contribution in [1.82, 2.24) is 9.97 Å². The van der Waals surface area contributed by atoms with Gasteiger partial charge in [0.05, 0.1) is 17.9 Å². The Balaban J connectivity index is 2.17. The maximum Gasteiger partial charge on any atom is 0.224 e. The molecule has 0 aliphatic heterocycles. The fraction of sp³-hybridized carbons (Fsp3) is 0.312. The van der Waals surface area contributed by atoms with Crippen LogP contribution in [0, 0.1) is 6.92 Å². The number of anilines is 2. The van der Waals surface area contributed by atoms with Gasteiger partial charge in [-0.1, -0.05) is 13.0 Å². The van der Waals surface area contributed by atoms with Crippen molar-refractivity contribution in [3.63, 3.8) is 0 Å². The monoisotopic (exact) mass is 284 g/mol. The highest BCUT2D eigenvalue weighted by atomic mass is 16.1. The van der Waals surface area contributed by atoms with E-state index in [1.807, 2.05) is 39.0 Å². The lowest BCUT2D eigenvalue weighted by molar-refractivity contribution is -0.115. The van der Waals surface area contributed by atoms with Crippen LogP contribution in [0.15, 0.2) is 36.8 Å². The smallest absolute Gasteiger partial charge is 0.224 e. The minimum absolute atomic E-state index is 0.0113. The summed E-state index contributed by atoms with van der Waals surface area (Å²) < 4.78 is 0. The summed E-state index contributed by atoms with van der Waals surface area (Å²) in [5, 5.41) is 6.31. The number of nitrogens with zero attached hydrogens (tertiary/aromatic N) is 2. The van der Waals surface area contributed by atoms with E-state index in [1.165, 1.54) is 0 Å². The number of hydrogen-bond acceptors (Lipinski definition) is 4. The van der Waals surface area contributed by atoms with E-state index in [9.17, 15) is 4.79 Å². The molecule has 1 heterocycles. The second kappa shape index (κ2) is 6.83. The molecule has 5 nitrogen and oxygen atoms in total. The second-order valence-corrected chi connectivity index (χ2v) is 4.88. The van der Waals surface area contributed by atoms with Crippen LogP contribution >= 0.6 is 0 Å². The van der Waals surface area contributed by atoms with Gasteiger partial charge in [-0.15, -0.1) is 0 Å². The summed E-state index contributed by atoms with van der Waals surface area (Å²) in [7, 11) is 0. The molecule has 2 rings (SSSR count). The summed E-state index contributed by atoms with van der Waals surface area (Å²) >= 11 is 0. The summed E-state index contributed by atoms with van der Waals surface area (Å²) in [5.74, 6) is 0.0113. The third-order valence-corrected chi connectivity index (χ3v) is 3.33. The number of carbonyl (C=O) groups is 1. The van der Waals surface area contributed by atoms with E-state index in [4.69, 9.17) is 0 Å². The molecule has 0 saturated carbocycles. The Labute approximate surface area is 124 Å². The van der Waals surface area contributed by atoms with Crippen molar-refractivity contribution in [2.75, 3.05) is 10.6 Å². The van der Waals surface area contributed by atoms with Gasteiger partial charge < -0.3 is 10.6 Å². The molecule has 1 unspecified atom stereocenters. The van der Waals surface area contributed by atoms with Gasteiger partial charge in [-0.25, -0.2) is 0 Å². The van der Waals surface area contributed by atoms with Gasteiger partial charge in [-0.05, 0) is 31.5 Å². The van der Waals surface area contributed by atoms with Crippen LogP contribution in [0.1, 0.15) is 37.6 Å². The number of benzene rings is 1. The van der Waals surface area contributed by atoms with E-state index < -0.39 is 0 Å². The summed E-state index contributed by atoms with van der Waals surface area (Å²) in [6.45, 7) is 5.85. The van der Waals surface area contributed by atoms with Gasteiger partial charge in [0.25, 0.3) is 0 Å². The number of amides is 1. The quantitative estimate of drug-likeness (QED) is 0.884. The van der Waals surface area contributed by atoms with Crippen LogP contribution in [0.3, 0.4) is 0 Å². The molecule has 0 aliphatic rings. The van der Waals surface area contributed by atoms with Crippen LogP contribution in [0.2, 0.25) is 0 Å². The van der Waals surface area contributed by atoms with E-state index in [0.717, 1.165) is 22.6 Å². The van der Waals surface area contributed by atoms with Gasteiger partial charge in [-0.2, -0.15) is 0 Å². The maximum atomic E-state index is 11.5. The summed E-state index contributed by atoms with van der Waals surface area (Å²) in [6.07, 6.45) is 5.55. The Bertz CT molecular complexity index is 613. The lowest BCUT2D eigenvalue weighted by Crippen LogP contribution is -2.13. The maximum absolute atomic E-state index is 11.5. The van der Waals surface area contributed by atoms with E-state index in [-0.39, 0.29) is 11.9 Å². The standard InChI is InChI=1S/C16H20N4O/c1-4-16(21)20-14-7-5-6-13(11(14)2)19-12(3)15-10-17-8-9-18-15/h5-10,12,19H,4H2,1-3H3,(H,20,21). The van der Waals surface area contributed by atoms with Crippen LogP contribution in [0.25, 0.3) is 0 Å². The average molecular weight is 284 g/mol. The highest BCUT2D eigenvalue weighted by Crippen LogP contribution is 2.26. The molecule has 1 atom stereocenters. The number of hydrogen-bond donors (Lipinski definition) is 2. The Morgan fingerprint density at radius 3 is 2.71 bits per heavy atom. The zero-order valence-corrected chi connectivity index (χ0v) is 12.6. The first-order chi connectivity index (χ1) is 10.1. The summed E-state index contributed by atoms with van der Waals surface area (Å²) in [6, 6.07) is 5.85. The lowest BCUT2D eigenvalue weighted by Gasteiger charge is -2.18. The van der Waals surface area contributed by atoms with Gasteiger partial charge in [-0.3, -0.25) is 14.8 Å². The summed E-state index contributed by atoms with van der Waals surface area (Å²) in [5.41, 5.74) is 3.69. The molecule has 1 aromatic heterocycles. The third kappa shape index (κ3) is 3.78. The molecule has 2 aromatic rings. The molecule has 0 bridgehead atoms. The topological polar surface area (TPSA) is 66.9 Å². The number of rotatable bonds is 5. The van der Waals surface area contributed by atoms with Gasteiger partial charge >= 0.3 is 0 Å². The summed E-state index contributed by atoms with van der Waals surface area (Å²) in [4.78, 5) is 19.9. The molecular formula is C16H20N4O. The highest BCUT2D eigenvalue weighted by Gasteiger charge is 2.11. The van der Waals surface area contributed by atoms with E-state index in [2.05, 4.69) is 20.6 Å². The largest absolute Gasteiger partial charge is 0.377 e. The van der Waals surface area contributed by atoms with Crippen molar-refractivity contribution in [2.45, 2.75) is 33.2 Å². The Morgan fingerprint density at radius 2 is 2.05 bits per heavy atom. The Hall–Kier alpha value is -2.43. The fourth-order valence-corrected chi connectivity index (χ4v) is 2.01. The molecule has 0 spiro atoms. The molecule has 0 aliphatic carbocycles. The molecule has 0 saturated heterocycles. The first-order valence-corrected chi connectivity index (χ1v) is 7.03. The molecule has 1 aromatic carbocycles. The van der Waals surface area contributed by atoms with Crippen molar-refractivity contribution in [3.05, 3.63) is 48.0 Å². The first kappa shape index (κ1) is 15.0. The Morgan fingerprint density at radius 1 is 1.29 bits per heavy atom. The normalized spacial score (nSPS) is 11.8. The zero-order chi connectivity index (χ0) is 15.2. The van der Waals surface area contributed by atoms with Crippen LogP contribution in [-0.4, -0.2) is 15.9 Å². The van der Waals surface area contributed by atoms with Gasteiger partial charge in [0.2, 0.25) is 5.91 Å². The van der Waals surface area contributed by atoms with E-state index in [1.54, 1.807) is 18.6 Å². The van der Waals surface area contributed by atoms with Crippen molar-refractivity contribution in [1.29, 1.82) is 0 Å². The van der Waals surface area contributed by atoms with Crippen molar-refractivity contribution in [3.8, 4) is 0 Å². The van der Waals surface area contributed by atoms with E-state index >= 15 is 0 Å². The molecule has 0 radical (unpaired) electrons. The first-order valence-electron chi connectivity index (χ1n) is 7.03. The van der Waals surface area contributed by atoms with Crippen LogP contribution < -0.4 is 10.6 Å². The number of nitrogens with one attached hydrogen (secondary N) is 2. The number of aromatic nitrogens is 2. The molecule has 21 heavy (non-hydrogen) atoms. The average Bonchev–Trinajstić information content (AvgIpc) is 2.52. The SMILES string of the molecule is CCC(=O)Nc1cccc(NC(C)c2cnccn2)c1C. The van der Waals surface area contributed by atoms with Gasteiger partial charge in [0, 0.05) is 30.2 Å². The van der Waals surface area contributed by atoms with Crippen LogP contribution in [0.4, 0.5) is 11.4 Å². The fourth-order valence-electron chi connectivity index (χ4n) is 2.01. The lowest BCUT2D eigenvalue weighted by atomic mass is 10.1. The molecule has 5 heteroatoms. The van der Waals surface area contributed by atoms with Crippen molar-refractivity contribution >= 4 is 17.3 Å². The van der Waals surface area contributed by atoms with Gasteiger partial charge in [0.15, 0.2) is 0 Å². The van der Waals surface area contributed by atoms with E-state index in [0.29, 0.717) is 6.42 Å². The molecule has 0 fully saturated rings. The minimum Gasteiger partial charge on any atom is -0.377 e. The predicted octanol–water partition coefficient (Wildman–Crippen LogP) is 3.31. The zero-order valence-electron chi connectivity index (χ0n) is 12.6. The predicted molar refractivity (Wildman–Crippen MR) is 84.2 cm³/mol. The highest BCUT2D eigenvalue weighted by molar-refractivity contribution is 5.92. The third-order valence-electron chi connectivity index (χ3n) is 3.33. The van der Waals surface area contributed by atoms with Crippen molar-refractivity contribution in [2.24, 2.45) is 0 Å². The Kier molecular flexibility index (Phi) is 4.87.